The Bertz CT molecular complexity index is 29.3. The maximum Gasteiger partial charge on any atom is 0.0433 e. The third-order valence-electron chi connectivity index (χ3n) is 0.706. The number of hydrogen-bond donors (Lipinski definition) is 1. The second-order valence-corrected chi connectivity index (χ2v) is 1.91. The molecular weight excluding hydrogens is 115 g/mol. The minimum atomic E-state index is 0. The second-order valence-electron chi connectivity index (χ2n) is 1.91. The van der Waals surface area contributed by atoms with Crippen LogP contribution in [0.3, 0.4) is 0 Å². The molecule has 0 aliphatic carbocycles. The molecule has 1 radical (unpaired) electrons. The van der Waals surface area contributed by atoms with E-state index < -0.39 is 0 Å². The van der Waals surface area contributed by atoms with Crippen molar-refractivity contribution in [3.8, 4) is 0 Å². The van der Waals surface area contributed by atoms with Crippen molar-refractivity contribution in [1.82, 2.24) is 0 Å². The summed E-state index contributed by atoms with van der Waals surface area (Å²) >= 11 is 0. The Balaban J connectivity index is 0. The van der Waals surface area contributed by atoms with E-state index in [4.69, 9.17) is 5.11 Å². The van der Waals surface area contributed by atoms with Crippen LogP contribution in [0.4, 0.5) is 0 Å². The van der Waals surface area contributed by atoms with Crippen molar-refractivity contribution >= 4 is 51.4 Å². The largest absolute Gasteiger partial charge is 0.396 e. The van der Waals surface area contributed by atoms with Crippen LogP contribution in [0.15, 0.2) is 0 Å². The summed E-state index contributed by atoms with van der Waals surface area (Å²) in [6, 6.07) is 0. The first kappa shape index (κ1) is 11.4. The zero-order valence-corrected chi connectivity index (χ0v) is 8.56. The molecule has 0 bridgehead atoms. The van der Waals surface area contributed by atoms with Crippen LogP contribution < -0.4 is 0 Å². The number of rotatable bonds is 2. The van der Waals surface area contributed by atoms with Crippen LogP contribution in [0.5, 0.6) is 0 Å². The zero-order valence-electron chi connectivity index (χ0n) is 5.44. The van der Waals surface area contributed by atoms with Gasteiger partial charge < -0.3 is 5.11 Å². The molecule has 1 N–H and O–H groups in total. The van der Waals surface area contributed by atoms with Gasteiger partial charge in [0.2, 0.25) is 0 Å². The average molecular weight is 127 g/mol. The predicted molar refractivity (Wildman–Crippen MR) is 32.3 cm³/mol. The first-order chi connectivity index (χ1) is 2.77. The fourth-order valence-electron chi connectivity index (χ4n) is 0.258. The standard InChI is InChI=1S/C5H12O.K/c1-5(2)3-4-6;/h5-6H,3-4H2,1-2H3;. The predicted octanol–water partition coefficient (Wildman–Crippen LogP) is 0.644. The molecule has 0 aromatic rings. The number of aliphatic hydroxyl groups is 1. The minimum Gasteiger partial charge on any atom is -0.396 e. The normalized spacial score (nSPS) is 8.57. The van der Waals surface area contributed by atoms with Gasteiger partial charge >= 0.3 is 0 Å². The maximum absolute atomic E-state index is 8.24. The van der Waals surface area contributed by atoms with Crippen LogP contribution in [-0.4, -0.2) is 63.1 Å². The smallest absolute Gasteiger partial charge is 0.0433 e. The van der Waals surface area contributed by atoms with Gasteiger partial charge in [0.1, 0.15) is 0 Å². The topological polar surface area (TPSA) is 20.2 Å². The molecule has 1 nitrogen and oxygen atoms in total. The number of aliphatic hydroxyl groups excluding tert-OH is 1. The van der Waals surface area contributed by atoms with Gasteiger partial charge in [0.15, 0.2) is 0 Å². The van der Waals surface area contributed by atoms with E-state index in [1.54, 1.807) is 0 Å². The molecular formula is C5H12KO. The Kier molecular flexibility index (Phi) is 12.4. The van der Waals surface area contributed by atoms with Crippen LogP contribution in [0.2, 0.25) is 0 Å². The first-order valence-corrected chi connectivity index (χ1v) is 2.38. The Morgan fingerprint density at radius 3 is 1.86 bits per heavy atom. The Hall–Kier alpha value is 1.60. The molecule has 0 fully saturated rings. The maximum atomic E-state index is 8.24. The summed E-state index contributed by atoms with van der Waals surface area (Å²) in [5, 5.41) is 8.24. The molecule has 39 valence electrons. The molecule has 0 unspecified atom stereocenters. The van der Waals surface area contributed by atoms with Gasteiger partial charge in [0.05, 0.1) is 0 Å². The SMILES string of the molecule is CC(C)CCO.[K]. The van der Waals surface area contributed by atoms with Gasteiger partial charge in [-0.15, -0.1) is 0 Å². The van der Waals surface area contributed by atoms with E-state index in [1.807, 2.05) is 0 Å². The third-order valence-corrected chi connectivity index (χ3v) is 0.706. The molecule has 2 heteroatoms. The van der Waals surface area contributed by atoms with Crippen LogP contribution in [-0.2, 0) is 0 Å². The molecule has 0 aliphatic heterocycles. The minimum absolute atomic E-state index is 0. The van der Waals surface area contributed by atoms with Gasteiger partial charge in [-0.1, -0.05) is 13.8 Å². The van der Waals surface area contributed by atoms with Crippen LogP contribution in [0.25, 0.3) is 0 Å². The summed E-state index contributed by atoms with van der Waals surface area (Å²) in [7, 11) is 0. The van der Waals surface area contributed by atoms with Crippen molar-refractivity contribution in [2.24, 2.45) is 5.92 Å². The average Bonchev–Trinajstić information content (AvgIpc) is 1.35. The van der Waals surface area contributed by atoms with E-state index in [9.17, 15) is 0 Å². The summed E-state index contributed by atoms with van der Waals surface area (Å²) in [6.07, 6.45) is 0.931. The Morgan fingerprint density at radius 1 is 1.43 bits per heavy atom. The third kappa shape index (κ3) is 11.3. The zero-order chi connectivity index (χ0) is 4.99. The van der Waals surface area contributed by atoms with Crippen molar-refractivity contribution in [3.63, 3.8) is 0 Å². The van der Waals surface area contributed by atoms with Crippen molar-refractivity contribution in [1.29, 1.82) is 0 Å². The summed E-state index contributed by atoms with van der Waals surface area (Å²) in [5.41, 5.74) is 0. The molecule has 0 saturated carbocycles. The summed E-state index contributed by atoms with van der Waals surface area (Å²) < 4.78 is 0. The van der Waals surface area contributed by atoms with Gasteiger partial charge in [-0.05, 0) is 12.3 Å². The van der Waals surface area contributed by atoms with Crippen LogP contribution in [0, 0.1) is 5.92 Å². The number of hydrogen-bond acceptors (Lipinski definition) is 1. The molecule has 0 aromatic carbocycles. The second kappa shape index (κ2) is 7.60. The van der Waals surface area contributed by atoms with E-state index in [2.05, 4.69) is 13.8 Å². The van der Waals surface area contributed by atoms with Crippen molar-refractivity contribution in [3.05, 3.63) is 0 Å². The fraction of sp³-hybridized carbons (Fsp3) is 1.00. The van der Waals surface area contributed by atoms with Crippen molar-refractivity contribution in [2.75, 3.05) is 6.61 Å². The van der Waals surface area contributed by atoms with Gasteiger partial charge in [-0.2, -0.15) is 0 Å². The van der Waals surface area contributed by atoms with E-state index in [1.165, 1.54) is 0 Å². The quantitative estimate of drug-likeness (QED) is 0.540. The Morgan fingerprint density at radius 2 is 1.86 bits per heavy atom. The molecule has 0 aliphatic rings. The molecule has 7 heavy (non-hydrogen) atoms. The van der Waals surface area contributed by atoms with Crippen molar-refractivity contribution < 1.29 is 5.11 Å². The van der Waals surface area contributed by atoms with E-state index in [-0.39, 0.29) is 51.4 Å². The molecule has 0 atom stereocenters. The van der Waals surface area contributed by atoms with E-state index in [0.29, 0.717) is 12.5 Å². The van der Waals surface area contributed by atoms with Gasteiger partial charge in [0, 0.05) is 58.0 Å². The van der Waals surface area contributed by atoms with Crippen molar-refractivity contribution in [2.45, 2.75) is 20.3 Å². The molecule has 0 heterocycles. The van der Waals surface area contributed by atoms with Gasteiger partial charge in [0.25, 0.3) is 0 Å². The van der Waals surface area contributed by atoms with Crippen LogP contribution >= 0.6 is 0 Å². The summed E-state index contributed by atoms with van der Waals surface area (Å²) in [5.74, 6) is 0.648. The monoisotopic (exact) mass is 127 g/mol. The summed E-state index contributed by atoms with van der Waals surface area (Å²) in [4.78, 5) is 0. The Labute approximate surface area is 87.9 Å². The van der Waals surface area contributed by atoms with E-state index >= 15 is 0 Å². The molecule has 0 aromatic heterocycles. The van der Waals surface area contributed by atoms with Gasteiger partial charge in [-0.25, -0.2) is 0 Å². The molecule has 0 spiro atoms. The molecule has 0 amide bonds. The van der Waals surface area contributed by atoms with E-state index in [0.717, 1.165) is 6.42 Å². The first-order valence-electron chi connectivity index (χ1n) is 2.38. The molecule has 0 saturated heterocycles. The fourth-order valence-corrected chi connectivity index (χ4v) is 0.258. The van der Waals surface area contributed by atoms with Crippen LogP contribution in [0.1, 0.15) is 20.3 Å². The van der Waals surface area contributed by atoms with Gasteiger partial charge in [-0.3, -0.25) is 0 Å². The molecule has 0 rings (SSSR count). The summed E-state index contributed by atoms with van der Waals surface area (Å²) in [6.45, 7) is 4.52.